The molecule has 0 radical (unpaired) electrons. The van der Waals surface area contributed by atoms with E-state index in [1.807, 2.05) is 0 Å². The van der Waals surface area contributed by atoms with Gasteiger partial charge in [0.15, 0.2) is 5.78 Å². The zero-order chi connectivity index (χ0) is 11.6. The fourth-order valence-electron chi connectivity index (χ4n) is 2.48. The number of nitrogens with one attached hydrogen (secondary N) is 1. The smallest absolute Gasteiger partial charge is 0.157 e. The first-order valence-corrected chi connectivity index (χ1v) is 5.67. The first kappa shape index (κ1) is 11.3. The molecule has 0 spiro atoms. The molecule has 2 rings (SSSR count). The second-order valence-corrected chi connectivity index (χ2v) is 4.29. The molecule has 0 heterocycles. The summed E-state index contributed by atoms with van der Waals surface area (Å²) in [5.74, 6) is -0.0499. The lowest BCUT2D eigenvalue weighted by atomic mass is 9.75. The molecule has 1 aliphatic rings. The summed E-state index contributed by atoms with van der Waals surface area (Å²) in [7, 11) is 1.80. The van der Waals surface area contributed by atoms with E-state index in [4.69, 9.17) is 0 Å². The minimum atomic E-state index is -0.591. The number of carbonyl (C=O) groups excluding carboxylic acids is 1. The van der Waals surface area contributed by atoms with Crippen LogP contribution in [0.1, 0.15) is 31.2 Å². The Kier molecular flexibility index (Phi) is 3.06. The maximum Gasteiger partial charge on any atom is 0.157 e. The maximum absolute atomic E-state index is 12.9. The molecule has 0 saturated heterocycles. The van der Waals surface area contributed by atoms with Gasteiger partial charge in [-0.1, -0.05) is 18.6 Å². The van der Waals surface area contributed by atoms with Crippen molar-refractivity contribution < 1.29 is 9.18 Å². The highest BCUT2D eigenvalue weighted by Gasteiger charge is 2.39. The third-order valence-electron chi connectivity index (χ3n) is 3.45. The second kappa shape index (κ2) is 4.34. The number of halogens is 1. The number of carbonyl (C=O) groups is 1. The van der Waals surface area contributed by atoms with Crippen LogP contribution < -0.4 is 5.32 Å². The van der Waals surface area contributed by atoms with E-state index < -0.39 is 5.54 Å². The molecule has 2 nitrogen and oxygen atoms in total. The SMILES string of the molecule is CNC1(c2ccc(F)cc2)CCCCC1=O. The van der Waals surface area contributed by atoms with Crippen molar-refractivity contribution in [2.24, 2.45) is 0 Å². The van der Waals surface area contributed by atoms with Crippen molar-refractivity contribution in [1.29, 1.82) is 0 Å². The molecule has 1 atom stereocenters. The third-order valence-corrected chi connectivity index (χ3v) is 3.45. The van der Waals surface area contributed by atoms with Crippen LogP contribution >= 0.6 is 0 Å². The van der Waals surface area contributed by atoms with Gasteiger partial charge in [-0.05, 0) is 37.6 Å². The lowest BCUT2D eigenvalue weighted by molar-refractivity contribution is -0.127. The van der Waals surface area contributed by atoms with Gasteiger partial charge in [-0.3, -0.25) is 4.79 Å². The van der Waals surface area contributed by atoms with E-state index in [0.29, 0.717) is 6.42 Å². The van der Waals surface area contributed by atoms with Crippen molar-refractivity contribution in [2.45, 2.75) is 31.2 Å². The van der Waals surface area contributed by atoms with Crippen molar-refractivity contribution in [3.05, 3.63) is 35.6 Å². The van der Waals surface area contributed by atoms with E-state index in [-0.39, 0.29) is 11.6 Å². The van der Waals surface area contributed by atoms with Gasteiger partial charge >= 0.3 is 0 Å². The molecule has 1 aromatic carbocycles. The van der Waals surface area contributed by atoms with Gasteiger partial charge in [-0.2, -0.15) is 0 Å². The predicted octanol–water partition coefficient (Wildman–Crippen LogP) is 2.38. The summed E-state index contributed by atoms with van der Waals surface area (Å²) in [6.07, 6.45) is 3.40. The van der Waals surface area contributed by atoms with Gasteiger partial charge in [0.25, 0.3) is 0 Å². The van der Waals surface area contributed by atoms with Crippen molar-refractivity contribution in [1.82, 2.24) is 5.32 Å². The molecule has 0 bridgehead atoms. The van der Waals surface area contributed by atoms with Gasteiger partial charge in [-0.15, -0.1) is 0 Å². The molecular weight excluding hydrogens is 205 g/mol. The van der Waals surface area contributed by atoms with Gasteiger partial charge in [0, 0.05) is 6.42 Å². The summed E-state index contributed by atoms with van der Waals surface area (Å²) >= 11 is 0. The molecule has 1 unspecified atom stereocenters. The number of rotatable bonds is 2. The number of Topliss-reactive ketones (excluding diaryl/α,β-unsaturated/α-hetero) is 1. The molecule has 16 heavy (non-hydrogen) atoms. The van der Waals surface area contributed by atoms with E-state index in [1.54, 1.807) is 19.2 Å². The fourth-order valence-corrected chi connectivity index (χ4v) is 2.48. The standard InChI is InChI=1S/C13H16FNO/c1-15-13(9-3-2-4-12(13)16)10-5-7-11(14)8-6-10/h5-8,15H,2-4,9H2,1H3. The van der Waals surface area contributed by atoms with Gasteiger partial charge in [0.1, 0.15) is 11.4 Å². The molecule has 0 aliphatic heterocycles. The highest BCUT2D eigenvalue weighted by Crippen LogP contribution is 2.34. The highest BCUT2D eigenvalue weighted by molar-refractivity contribution is 5.90. The number of benzene rings is 1. The lowest BCUT2D eigenvalue weighted by Crippen LogP contribution is -2.49. The summed E-state index contributed by atoms with van der Waals surface area (Å²) in [5, 5.41) is 3.13. The molecule has 0 aromatic heterocycles. The predicted molar refractivity (Wildman–Crippen MR) is 60.6 cm³/mol. The summed E-state index contributed by atoms with van der Waals surface area (Å²) in [5.41, 5.74) is 0.285. The average molecular weight is 221 g/mol. The summed E-state index contributed by atoms with van der Waals surface area (Å²) < 4.78 is 12.9. The van der Waals surface area contributed by atoms with Gasteiger partial charge < -0.3 is 5.32 Å². The zero-order valence-electron chi connectivity index (χ0n) is 9.42. The van der Waals surface area contributed by atoms with Crippen LogP contribution in [-0.4, -0.2) is 12.8 Å². The fraction of sp³-hybridized carbons (Fsp3) is 0.462. The van der Waals surface area contributed by atoms with Crippen LogP contribution in [-0.2, 0) is 10.3 Å². The molecule has 1 fully saturated rings. The van der Waals surface area contributed by atoms with E-state index in [1.165, 1.54) is 12.1 Å². The Balaban J connectivity index is 2.40. The Labute approximate surface area is 94.9 Å². The first-order chi connectivity index (χ1) is 7.69. The Morgan fingerprint density at radius 3 is 2.50 bits per heavy atom. The van der Waals surface area contributed by atoms with Crippen LogP contribution in [0, 0.1) is 5.82 Å². The van der Waals surface area contributed by atoms with Crippen LogP contribution in [0.4, 0.5) is 4.39 Å². The summed E-state index contributed by atoms with van der Waals surface area (Å²) in [6, 6.07) is 6.23. The molecule has 3 heteroatoms. The molecular formula is C13H16FNO. The van der Waals surface area contributed by atoms with Gasteiger partial charge in [-0.25, -0.2) is 4.39 Å². The maximum atomic E-state index is 12.9. The van der Waals surface area contributed by atoms with Crippen molar-refractivity contribution in [2.75, 3.05) is 7.05 Å². The van der Waals surface area contributed by atoms with Gasteiger partial charge in [0.2, 0.25) is 0 Å². The Hall–Kier alpha value is -1.22. The average Bonchev–Trinajstić information content (AvgIpc) is 2.31. The monoisotopic (exact) mass is 221 g/mol. The van der Waals surface area contributed by atoms with Crippen LogP contribution in [0.15, 0.2) is 24.3 Å². The van der Waals surface area contributed by atoms with Crippen LogP contribution in [0.5, 0.6) is 0 Å². The molecule has 0 amide bonds. The second-order valence-electron chi connectivity index (χ2n) is 4.29. The molecule has 1 aliphatic carbocycles. The normalized spacial score (nSPS) is 25.8. The molecule has 1 aromatic rings. The third kappa shape index (κ3) is 1.76. The molecule has 86 valence electrons. The minimum absolute atomic E-state index is 0.216. The number of hydrogen-bond donors (Lipinski definition) is 1. The van der Waals surface area contributed by atoms with Crippen molar-refractivity contribution in [3.63, 3.8) is 0 Å². The zero-order valence-corrected chi connectivity index (χ0v) is 9.42. The molecule has 1 N–H and O–H groups in total. The van der Waals surface area contributed by atoms with Crippen molar-refractivity contribution >= 4 is 5.78 Å². The van der Waals surface area contributed by atoms with E-state index >= 15 is 0 Å². The molecule has 1 saturated carbocycles. The van der Waals surface area contributed by atoms with E-state index in [2.05, 4.69) is 5.32 Å². The summed E-state index contributed by atoms with van der Waals surface area (Å²) in [4.78, 5) is 12.1. The van der Waals surface area contributed by atoms with E-state index in [9.17, 15) is 9.18 Å². The number of likely N-dealkylation sites (N-methyl/N-ethyl adjacent to an activating group) is 1. The highest BCUT2D eigenvalue weighted by atomic mass is 19.1. The first-order valence-electron chi connectivity index (χ1n) is 5.67. The van der Waals surface area contributed by atoms with E-state index in [0.717, 1.165) is 24.8 Å². The largest absolute Gasteiger partial charge is 0.304 e. The number of ketones is 1. The topological polar surface area (TPSA) is 29.1 Å². The van der Waals surface area contributed by atoms with Crippen LogP contribution in [0.2, 0.25) is 0 Å². The van der Waals surface area contributed by atoms with Crippen LogP contribution in [0.3, 0.4) is 0 Å². The Bertz CT molecular complexity index is 387. The quantitative estimate of drug-likeness (QED) is 0.830. The number of hydrogen-bond acceptors (Lipinski definition) is 2. The van der Waals surface area contributed by atoms with Crippen molar-refractivity contribution in [3.8, 4) is 0 Å². The van der Waals surface area contributed by atoms with Crippen LogP contribution in [0.25, 0.3) is 0 Å². The Morgan fingerprint density at radius 1 is 1.25 bits per heavy atom. The van der Waals surface area contributed by atoms with Gasteiger partial charge in [0.05, 0.1) is 0 Å². The minimum Gasteiger partial charge on any atom is -0.304 e. The Morgan fingerprint density at radius 2 is 1.94 bits per heavy atom. The lowest BCUT2D eigenvalue weighted by Gasteiger charge is -2.36. The summed E-state index contributed by atoms with van der Waals surface area (Å²) in [6.45, 7) is 0.